The van der Waals surface area contributed by atoms with Crippen LogP contribution in [0.15, 0.2) is 18.2 Å². The number of nitrogens with two attached hydrogens (primary N) is 1. The van der Waals surface area contributed by atoms with Crippen LogP contribution in [0.2, 0.25) is 0 Å². The normalized spacial score (nSPS) is 16.1. The molecular formula is C14H21NO2. The molecule has 0 radical (unpaired) electrons. The SMILES string of the molecule is COc1ccc(CN)c(OCC2CCCC2)c1. The van der Waals surface area contributed by atoms with Gasteiger partial charge in [0.2, 0.25) is 0 Å². The van der Waals surface area contributed by atoms with Gasteiger partial charge in [-0.15, -0.1) is 0 Å². The highest BCUT2D eigenvalue weighted by molar-refractivity contribution is 5.40. The van der Waals surface area contributed by atoms with Crippen molar-refractivity contribution in [2.24, 2.45) is 11.7 Å². The van der Waals surface area contributed by atoms with E-state index in [1.54, 1.807) is 7.11 Å². The second-order valence-corrected chi connectivity index (χ2v) is 4.64. The smallest absolute Gasteiger partial charge is 0.127 e. The van der Waals surface area contributed by atoms with Gasteiger partial charge in [-0.3, -0.25) is 0 Å². The summed E-state index contributed by atoms with van der Waals surface area (Å²) in [7, 11) is 1.66. The zero-order chi connectivity index (χ0) is 12.1. The van der Waals surface area contributed by atoms with Gasteiger partial charge in [-0.25, -0.2) is 0 Å². The predicted octanol–water partition coefficient (Wildman–Crippen LogP) is 2.72. The Kier molecular flexibility index (Phi) is 4.26. The van der Waals surface area contributed by atoms with E-state index >= 15 is 0 Å². The Morgan fingerprint density at radius 1 is 1.29 bits per heavy atom. The average Bonchev–Trinajstić information content (AvgIpc) is 2.89. The summed E-state index contributed by atoms with van der Waals surface area (Å²) in [4.78, 5) is 0. The van der Waals surface area contributed by atoms with E-state index in [0.717, 1.165) is 23.7 Å². The van der Waals surface area contributed by atoms with E-state index in [9.17, 15) is 0 Å². The maximum Gasteiger partial charge on any atom is 0.127 e. The van der Waals surface area contributed by atoms with E-state index in [1.807, 2.05) is 18.2 Å². The van der Waals surface area contributed by atoms with Crippen molar-refractivity contribution in [3.8, 4) is 11.5 Å². The van der Waals surface area contributed by atoms with Crippen LogP contribution in [0, 0.1) is 5.92 Å². The molecule has 2 rings (SSSR count). The number of benzene rings is 1. The highest BCUT2D eigenvalue weighted by atomic mass is 16.5. The summed E-state index contributed by atoms with van der Waals surface area (Å²) in [5, 5.41) is 0. The molecule has 1 aromatic carbocycles. The molecule has 0 heterocycles. The molecule has 17 heavy (non-hydrogen) atoms. The quantitative estimate of drug-likeness (QED) is 0.853. The minimum Gasteiger partial charge on any atom is -0.497 e. The Hall–Kier alpha value is -1.22. The lowest BCUT2D eigenvalue weighted by Crippen LogP contribution is -2.10. The molecule has 1 fully saturated rings. The van der Waals surface area contributed by atoms with E-state index in [0.29, 0.717) is 12.5 Å². The Labute approximate surface area is 103 Å². The fourth-order valence-electron chi connectivity index (χ4n) is 2.35. The summed E-state index contributed by atoms with van der Waals surface area (Å²) in [6.07, 6.45) is 5.27. The number of ether oxygens (including phenoxy) is 2. The van der Waals surface area contributed by atoms with Crippen molar-refractivity contribution in [2.75, 3.05) is 13.7 Å². The van der Waals surface area contributed by atoms with Crippen LogP contribution in [0.1, 0.15) is 31.2 Å². The third-order valence-electron chi connectivity index (χ3n) is 3.44. The molecule has 2 N–H and O–H groups in total. The summed E-state index contributed by atoms with van der Waals surface area (Å²) in [5.74, 6) is 2.41. The van der Waals surface area contributed by atoms with Gasteiger partial charge in [-0.1, -0.05) is 18.9 Å². The van der Waals surface area contributed by atoms with Crippen LogP contribution in [0.25, 0.3) is 0 Å². The zero-order valence-electron chi connectivity index (χ0n) is 10.4. The summed E-state index contributed by atoms with van der Waals surface area (Å²) in [6.45, 7) is 1.31. The Balaban J connectivity index is 2.01. The minimum atomic E-state index is 0.504. The van der Waals surface area contributed by atoms with Crippen LogP contribution in [0.3, 0.4) is 0 Å². The maximum absolute atomic E-state index is 5.89. The first kappa shape index (κ1) is 12.2. The first-order valence-corrected chi connectivity index (χ1v) is 6.33. The van der Waals surface area contributed by atoms with Crippen molar-refractivity contribution in [3.05, 3.63) is 23.8 Å². The van der Waals surface area contributed by atoms with E-state index in [1.165, 1.54) is 25.7 Å². The van der Waals surface area contributed by atoms with Crippen LogP contribution in [-0.4, -0.2) is 13.7 Å². The molecule has 0 bridgehead atoms. The lowest BCUT2D eigenvalue weighted by Gasteiger charge is -2.15. The molecule has 0 aliphatic heterocycles. The first-order chi connectivity index (χ1) is 8.33. The van der Waals surface area contributed by atoms with Gasteiger partial charge in [0, 0.05) is 18.2 Å². The molecule has 0 atom stereocenters. The summed E-state index contributed by atoms with van der Waals surface area (Å²) in [5.41, 5.74) is 6.75. The molecular weight excluding hydrogens is 214 g/mol. The van der Waals surface area contributed by atoms with E-state index in [-0.39, 0.29) is 0 Å². The first-order valence-electron chi connectivity index (χ1n) is 6.33. The predicted molar refractivity (Wildman–Crippen MR) is 68.3 cm³/mol. The van der Waals surface area contributed by atoms with Crippen molar-refractivity contribution in [2.45, 2.75) is 32.2 Å². The Morgan fingerprint density at radius 2 is 2.06 bits per heavy atom. The van der Waals surface area contributed by atoms with Crippen LogP contribution >= 0.6 is 0 Å². The second-order valence-electron chi connectivity index (χ2n) is 4.64. The third kappa shape index (κ3) is 3.13. The zero-order valence-corrected chi connectivity index (χ0v) is 10.4. The lowest BCUT2D eigenvalue weighted by atomic mass is 10.1. The van der Waals surface area contributed by atoms with E-state index in [4.69, 9.17) is 15.2 Å². The molecule has 1 aliphatic rings. The fraction of sp³-hybridized carbons (Fsp3) is 0.571. The third-order valence-corrected chi connectivity index (χ3v) is 3.44. The summed E-state index contributed by atoms with van der Waals surface area (Å²) in [6, 6.07) is 5.82. The number of hydrogen-bond acceptors (Lipinski definition) is 3. The van der Waals surface area contributed by atoms with Crippen molar-refractivity contribution >= 4 is 0 Å². The molecule has 1 aliphatic carbocycles. The van der Waals surface area contributed by atoms with Gasteiger partial charge in [0.05, 0.1) is 13.7 Å². The van der Waals surface area contributed by atoms with Gasteiger partial charge in [-0.2, -0.15) is 0 Å². The average molecular weight is 235 g/mol. The second kappa shape index (κ2) is 5.92. The highest BCUT2D eigenvalue weighted by Crippen LogP contribution is 2.28. The lowest BCUT2D eigenvalue weighted by molar-refractivity contribution is 0.249. The summed E-state index contributed by atoms with van der Waals surface area (Å²) >= 11 is 0. The van der Waals surface area contributed by atoms with Gasteiger partial charge in [0.1, 0.15) is 11.5 Å². The van der Waals surface area contributed by atoms with E-state index in [2.05, 4.69) is 0 Å². The number of methoxy groups -OCH3 is 1. The van der Waals surface area contributed by atoms with Crippen LogP contribution in [0.4, 0.5) is 0 Å². The Bertz CT molecular complexity index is 359. The van der Waals surface area contributed by atoms with Crippen molar-refractivity contribution in [1.29, 1.82) is 0 Å². The molecule has 0 aromatic heterocycles. The molecule has 0 spiro atoms. The maximum atomic E-state index is 5.89. The van der Waals surface area contributed by atoms with Gasteiger partial charge in [0.25, 0.3) is 0 Å². The minimum absolute atomic E-state index is 0.504. The highest BCUT2D eigenvalue weighted by Gasteiger charge is 2.16. The Morgan fingerprint density at radius 3 is 2.71 bits per heavy atom. The largest absolute Gasteiger partial charge is 0.497 e. The van der Waals surface area contributed by atoms with Gasteiger partial charge in [0.15, 0.2) is 0 Å². The fourth-order valence-corrected chi connectivity index (χ4v) is 2.35. The standard InChI is InChI=1S/C14H21NO2/c1-16-13-7-6-12(9-15)14(8-13)17-10-11-4-2-3-5-11/h6-8,11H,2-5,9-10,15H2,1H3. The monoisotopic (exact) mass is 235 g/mol. The molecule has 0 unspecified atom stereocenters. The van der Waals surface area contributed by atoms with Crippen LogP contribution < -0.4 is 15.2 Å². The molecule has 3 nitrogen and oxygen atoms in total. The van der Waals surface area contributed by atoms with Gasteiger partial charge < -0.3 is 15.2 Å². The van der Waals surface area contributed by atoms with Crippen LogP contribution in [-0.2, 0) is 6.54 Å². The van der Waals surface area contributed by atoms with E-state index < -0.39 is 0 Å². The summed E-state index contributed by atoms with van der Waals surface area (Å²) < 4.78 is 11.1. The molecule has 1 aromatic rings. The van der Waals surface area contributed by atoms with Crippen molar-refractivity contribution in [3.63, 3.8) is 0 Å². The molecule has 0 amide bonds. The van der Waals surface area contributed by atoms with Gasteiger partial charge >= 0.3 is 0 Å². The number of hydrogen-bond donors (Lipinski definition) is 1. The molecule has 94 valence electrons. The molecule has 1 saturated carbocycles. The molecule has 0 saturated heterocycles. The van der Waals surface area contributed by atoms with Crippen molar-refractivity contribution in [1.82, 2.24) is 0 Å². The van der Waals surface area contributed by atoms with Crippen molar-refractivity contribution < 1.29 is 9.47 Å². The number of rotatable bonds is 5. The van der Waals surface area contributed by atoms with Crippen LogP contribution in [0.5, 0.6) is 11.5 Å². The topological polar surface area (TPSA) is 44.5 Å². The van der Waals surface area contributed by atoms with Gasteiger partial charge in [-0.05, 0) is 24.8 Å². The molecule has 3 heteroatoms.